The van der Waals surface area contributed by atoms with Gasteiger partial charge in [0.25, 0.3) is 5.91 Å². The van der Waals surface area contributed by atoms with E-state index in [-0.39, 0.29) is 13.0 Å². The van der Waals surface area contributed by atoms with Gasteiger partial charge in [0.1, 0.15) is 11.7 Å². The zero-order valence-electron chi connectivity index (χ0n) is 10.6. The van der Waals surface area contributed by atoms with E-state index in [1.54, 1.807) is 6.07 Å². The monoisotopic (exact) mass is 274 g/mol. The number of β-amino-alcohol motifs (C(OH)–C–C–N with tert-alkyl or cyclic N) is 1. The lowest BCUT2D eigenvalue weighted by atomic mass is 10.2. The molecule has 0 aliphatic carbocycles. The van der Waals surface area contributed by atoms with E-state index in [2.05, 4.69) is 4.98 Å². The molecule has 6 heteroatoms. The number of carboxylic acids is 1. The third-order valence-corrected chi connectivity index (χ3v) is 3.59. The summed E-state index contributed by atoms with van der Waals surface area (Å²) in [5.74, 6) is -1.49. The maximum atomic E-state index is 12.4. The number of amides is 1. The SMILES string of the molecule is O=C(O)[C@@H]1CC(O)CN1C(=O)c1cc2ccccc2[nH]1. The summed E-state index contributed by atoms with van der Waals surface area (Å²) in [6.07, 6.45) is -0.717. The summed E-state index contributed by atoms with van der Waals surface area (Å²) in [5.41, 5.74) is 1.16. The first kappa shape index (κ1) is 12.7. The number of para-hydroxylation sites is 1. The molecule has 1 aromatic carbocycles. The number of aromatic nitrogens is 1. The van der Waals surface area contributed by atoms with E-state index in [0.717, 1.165) is 10.9 Å². The average molecular weight is 274 g/mol. The van der Waals surface area contributed by atoms with Gasteiger partial charge in [-0.1, -0.05) is 18.2 Å². The highest BCUT2D eigenvalue weighted by Crippen LogP contribution is 2.22. The quantitative estimate of drug-likeness (QED) is 0.756. The van der Waals surface area contributed by atoms with E-state index in [1.165, 1.54) is 4.90 Å². The van der Waals surface area contributed by atoms with Crippen molar-refractivity contribution in [1.82, 2.24) is 9.88 Å². The molecule has 1 amide bonds. The van der Waals surface area contributed by atoms with Gasteiger partial charge in [-0.15, -0.1) is 0 Å². The van der Waals surface area contributed by atoms with Gasteiger partial charge in [0.05, 0.1) is 6.10 Å². The first-order valence-electron chi connectivity index (χ1n) is 6.36. The maximum Gasteiger partial charge on any atom is 0.326 e. The molecule has 0 radical (unpaired) electrons. The molecule has 104 valence electrons. The van der Waals surface area contributed by atoms with Crippen molar-refractivity contribution >= 4 is 22.8 Å². The molecule has 1 unspecified atom stereocenters. The van der Waals surface area contributed by atoms with Crippen LogP contribution in [0, 0.1) is 0 Å². The molecule has 0 bridgehead atoms. The fourth-order valence-corrected chi connectivity index (χ4v) is 2.62. The third-order valence-electron chi connectivity index (χ3n) is 3.59. The molecule has 2 aromatic rings. The van der Waals surface area contributed by atoms with Gasteiger partial charge in [-0.25, -0.2) is 4.79 Å². The Kier molecular flexibility index (Phi) is 2.94. The van der Waals surface area contributed by atoms with Crippen molar-refractivity contribution in [2.75, 3.05) is 6.54 Å². The van der Waals surface area contributed by atoms with E-state index < -0.39 is 24.0 Å². The minimum absolute atomic E-state index is 0.0468. The number of rotatable bonds is 2. The van der Waals surface area contributed by atoms with Crippen LogP contribution in [0.1, 0.15) is 16.9 Å². The second-order valence-corrected chi connectivity index (χ2v) is 4.97. The minimum Gasteiger partial charge on any atom is -0.480 e. The molecular formula is C14H14N2O4. The molecule has 20 heavy (non-hydrogen) atoms. The van der Waals surface area contributed by atoms with E-state index in [9.17, 15) is 14.7 Å². The van der Waals surface area contributed by atoms with Gasteiger partial charge in [0.15, 0.2) is 0 Å². The van der Waals surface area contributed by atoms with Crippen LogP contribution in [-0.2, 0) is 4.79 Å². The second-order valence-electron chi connectivity index (χ2n) is 4.97. The molecule has 6 nitrogen and oxygen atoms in total. The second kappa shape index (κ2) is 4.64. The zero-order chi connectivity index (χ0) is 14.3. The molecule has 1 aliphatic rings. The number of aromatic amines is 1. The zero-order valence-corrected chi connectivity index (χ0v) is 10.6. The third kappa shape index (κ3) is 2.04. The number of aliphatic carboxylic acids is 1. The van der Waals surface area contributed by atoms with Crippen LogP contribution in [0.3, 0.4) is 0 Å². The Morgan fingerprint density at radius 1 is 1.30 bits per heavy atom. The number of H-pyrrole nitrogens is 1. The molecule has 3 N–H and O–H groups in total. The summed E-state index contributed by atoms with van der Waals surface area (Å²) in [6, 6.07) is 8.16. The topological polar surface area (TPSA) is 93.6 Å². The van der Waals surface area contributed by atoms with Gasteiger partial charge in [-0.05, 0) is 12.1 Å². The molecular weight excluding hydrogens is 260 g/mol. The number of aliphatic hydroxyl groups excluding tert-OH is 1. The molecule has 2 heterocycles. The molecule has 3 rings (SSSR count). The molecule has 1 saturated heterocycles. The Labute approximate surface area is 114 Å². The molecule has 1 aromatic heterocycles. The van der Waals surface area contributed by atoms with Crippen LogP contribution in [0.25, 0.3) is 10.9 Å². The van der Waals surface area contributed by atoms with Crippen LogP contribution in [0.15, 0.2) is 30.3 Å². The number of aliphatic hydroxyl groups is 1. The van der Waals surface area contributed by atoms with Crippen LogP contribution in [0.2, 0.25) is 0 Å². The van der Waals surface area contributed by atoms with Crippen molar-refractivity contribution in [2.24, 2.45) is 0 Å². The lowest BCUT2D eigenvalue weighted by Crippen LogP contribution is -2.40. The summed E-state index contributed by atoms with van der Waals surface area (Å²) >= 11 is 0. The number of nitrogens with one attached hydrogen (secondary N) is 1. The van der Waals surface area contributed by atoms with Gasteiger partial charge in [0, 0.05) is 23.9 Å². The normalized spacial score (nSPS) is 22.4. The smallest absolute Gasteiger partial charge is 0.326 e. The van der Waals surface area contributed by atoms with E-state index in [0.29, 0.717) is 5.69 Å². The number of likely N-dealkylation sites (tertiary alicyclic amines) is 1. The maximum absolute atomic E-state index is 12.4. The predicted molar refractivity (Wildman–Crippen MR) is 71.4 cm³/mol. The summed E-state index contributed by atoms with van der Waals surface area (Å²) in [4.78, 5) is 27.7. The number of nitrogens with zero attached hydrogens (tertiary/aromatic N) is 1. The first-order chi connectivity index (χ1) is 9.56. The number of fused-ring (bicyclic) bond motifs is 1. The molecule has 1 fully saturated rings. The summed E-state index contributed by atoms with van der Waals surface area (Å²) in [5, 5.41) is 19.6. The van der Waals surface area contributed by atoms with Crippen molar-refractivity contribution in [1.29, 1.82) is 0 Å². The van der Waals surface area contributed by atoms with Gasteiger partial charge >= 0.3 is 5.97 Å². The van der Waals surface area contributed by atoms with Crippen molar-refractivity contribution in [3.05, 3.63) is 36.0 Å². The molecule has 1 aliphatic heterocycles. The number of benzene rings is 1. The Morgan fingerprint density at radius 2 is 2.05 bits per heavy atom. The average Bonchev–Trinajstić information content (AvgIpc) is 3.01. The van der Waals surface area contributed by atoms with Gasteiger partial charge < -0.3 is 20.1 Å². The molecule has 2 atom stereocenters. The van der Waals surface area contributed by atoms with Crippen molar-refractivity contribution in [2.45, 2.75) is 18.6 Å². The fraction of sp³-hybridized carbons (Fsp3) is 0.286. The van der Waals surface area contributed by atoms with Crippen LogP contribution >= 0.6 is 0 Å². The van der Waals surface area contributed by atoms with Crippen LogP contribution in [-0.4, -0.2) is 50.7 Å². The highest BCUT2D eigenvalue weighted by molar-refractivity contribution is 5.99. The standard InChI is InChI=1S/C14H14N2O4/c17-9-6-12(14(19)20)16(7-9)13(18)11-5-8-3-1-2-4-10(8)15-11/h1-5,9,12,15,17H,6-7H2,(H,19,20)/t9?,12-/m0/s1. The highest BCUT2D eigenvalue weighted by Gasteiger charge is 2.39. The van der Waals surface area contributed by atoms with Crippen molar-refractivity contribution < 1.29 is 19.8 Å². The van der Waals surface area contributed by atoms with Crippen molar-refractivity contribution in [3.63, 3.8) is 0 Å². The van der Waals surface area contributed by atoms with Gasteiger partial charge in [-0.2, -0.15) is 0 Å². The lowest BCUT2D eigenvalue weighted by Gasteiger charge is -2.20. The Balaban J connectivity index is 1.93. The summed E-state index contributed by atoms with van der Waals surface area (Å²) in [7, 11) is 0. The van der Waals surface area contributed by atoms with Gasteiger partial charge in [0.2, 0.25) is 0 Å². The molecule has 0 spiro atoms. The van der Waals surface area contributed by atoms with E-state index in [4.69, 9.17) is 5.11 Å². The highest BCUT2D eigenvalue weighted by atomic mass is 16.4. The Morgan fingerprint density at radius 3 is 2.75 bits per heavy atom. The number of carboxylic acid groups (broad SMARTS) is 1. The van der Waals surface area contributed by atoms with Crippen LogP contribution < -0.4 is 0 Å². The summed E-state index contributed by atoms with van der Waals surface area (Å²) < 4.78 is 0. The Bertz CT molecular complexity index is 646. The molecule has 0 saturated carbocycles. The number of carbonyl (C=O) groups excluding carboxylic acids is 1. The van der Waals surface area contributed by atoms with Crippen LogP contribution in [0.5, 0.6) is 0 Å². The summed E-state index contributed by atoms with van der Waals surface area (Å²) in [6.45, 7) is 0.0468. The van der Waals surface area contributed by atoms with Gasteiger partial charge in [-0.3, -0.25) is 4.79 Å². The van der Waals surface area contributed by atoms with E-state index in [1.807, 2.05) is 24.3 Å². The Hall–Kier alpha value is -2.34. The van der Waals surface area contributed by atoms with Crippen molar-refractivity contribution in [3.8, 4) is 0 Å². The number of hydrogen-bond acceptors (Lipinski definition) is 3. The number of hydrogen-bond donors (Lipinski definition) is 3. The van der Waals surface area contributed by atoms with Crippen LogP contribution in [0.4, 0.5) is 0 Å². The first-order valence-corrected chi connectivity index (χ1v) is 6.36. The fourth-order valence-electron chi connectivity index (χ4n) is 2.62. The largest absolute Gasteiger partial charge is 0.480 e. The number of carbonyl (C=O) groups is 2. The minimum atomic E-state index is -1.09. The predicted octanol–water partition coefficient (Wildman–Crippen LogP) is 0.828. The lowest BCUT2D eigenvalue weighted by molar-refractivity contribution is -0.141. The van der Waals surface area contributed by atoms with E-state index >= 15 is 0 Å².